The van der Waals surface area contributed by atoms with E-state index in [0.29, 0.717) is 5.41 Å². The van der Waals surface area contributed by atoms with Crippen molar-refractivity contribution in [1.82, 2.24) is 25.3 Å². The number of ether oxygens (including phenoxy) is 1. The number of hydrogen-bond donors (Lipinski definition) is 2. The van der Waals surface area contributed by atoms with Gasteiger partial charge in [-0.15, -0.1) is 24.0 Å². The molecule has 28 heavy (non-hydrogen) atoms. The van der Waals surface area contributed by atoms with Crippen LogP contribution in [-0.2, 0) is 11.8 Å². The van der Waals surface area contributed by atoms with Crippen LogP contribution in [0.5, 0.6) is 0 Å². The first-order valence-corrected chi connectivity index (χ1v) is 10.2. The minimum atomic E-state index is 0. The Balaban J connectivity index is 0.00000392. The van der Waals surface area contributed by atoms with E-state index in [1.54, 1.807) is 0 Å². The van der Waals surface area contributed by atoms with Crippen LogP contribution in [0.1, 0.15) is 50.6 Å². The first-order valence-electron chi connectivity index (χ1n) is 10.2. The second-order valence-electron chi connectivity index (χ2n) is 7.89. The molecule has 1 aliphatic rings. The molecular formula is C20H39IN6O. The zero-order chi connectivity index (χ0) is 19.7. The van der Waals surface area contributed by atoms with Gasteiger partial charge >= 0.3 is 0 Å². The molecule has 7 nitrogen and oxygen atoms in total. The maximum absolute atomic E-state index is 5.62. The van der Waals surface area contributed by atoms with Crippen LogP contribution < -0.4 is 10.6 Å². The smallest absolute Gasteiger partial charge is 0.191 e. The maximum atomic E-state index is 5.62. The molecule has 0 aliphatic heterocycles. The van der Waals surface area contributed by atoms with Gasteiger partial charge in [-0.25, -0.2) is 0 Å². The SMILES string of the molecule is CCOCCC1(CNC(=NC)NCC(c2cnn(C)c2)N(C)C)CCCC1.I. The molecule has 8 heteroatoms. The molecule has 162 valence electrons. The highest BCUT2D eigenvalue weighted by Gasteiger charge is 2.33. The summed E-state index contributed by atoms with van der Waals surface area (Å²) >= 11 is 0. The summed E-state index contributed by atoms with van der Waals surface area (Å²) in [5.41, 5.74) is 1.55. The van der Waals surface area contributed by atoms with Gasteiger partial charge < -0.3 is 20.3 Å². The fourth-order valence-electron chi connectivity index (χ4n) is 3.97. The van der Waals surface area contributed by atoms with Crippen molar-refractivity contribution >= 4 is 29.9 Å². The Morgan fingerprint density at radius 1 is 1.36 bits per heavy atom. The molecule has 1 aliphatic carbocycles. The van der Waals surface area contributed by atoms with Crippen molar-refractivity contribution in [3.05, 3.63) is 18.0 Å². The number of nitrogens with zero attached hydrogens (tertiary/aromatic N) is 4. The molecule has 1 aromatic rings. The molecule has 0 bridgehead atoms. The fraction of sp³-hybridized carbons (Fsp3) is 0.800. The lowest BCUT2D eigenvalue weighted by molar-refractivity contribution is 0.105. The average Bonchev–Trinajstić information content (AvgIpc) is 3.28. The third-order valence-electron chi connectivity index (χ3n) is 5.70. The van der Waals surface area contributed by atoms with Gasteiger partial charge in [-0.1, -0.05) is 12.8 Å². The van der Waals surface area contributed by atoms with Gasteiger partial charge in [0, 0.05) is 52.2 Å². The zero-order valence-corrected chi connectivity index (χ0v) is 20.5. The van der Waals surface area contributed by atoms with E-state index in [-0.39, 0.29) is 30.0 Å². The molecule has 2 N–H and O–H groups in total. The minimum absolute atomic E-state index is 0. The Kier molecular flexibility index (Phi) is 11.4. The Morgan fingerprint density at radius 3 is 2.61 bits per heavy atom. The van der Waals surface area contributed by atoms with Gasteiger partial charge in [0.05, 0.1) is 12.2 Å². The van der Waals surface area contributed by atoms with Crippen molar-refractivity contribution in [3.8, 4) is 0 Å². The van der Waals surface area contributed by atoms with Crippen molar-refractivity contribution < 1.29 is 4.74 Å². The number of halogens is 1. The molecule has 0 aromatic carbocycles. The molecule has 1 unspecified atom stereocenters. The van der Waals surface area contributed by atoms with Crippen molar-refractivity contribution in [2.75, 3.05) is 47.4 Å². The summed E-state index contributed by atoms with van der Waals surface area (Å²) in [7, 11) is 7.98. The average molecular weight is 506 g/mol. The Labute approximate surface area is 187 Å². The molecule has 1 heterocycles. The van der Waals surface area contributed by atoms with Gasteiger partial charge in [-0.05, 0) is 45.7 Å². The van der Waals surface area contributed by atoms with Crippen LogP contribution in [0, 0.1) is 5.41 Å². The molecule has 1 aromatic heterocycles. The van der Waals surface area contributed by atoms with Gasteiger partial charge in [0.2, 0.25) is 0 Å². The standard InChI is InChI=1S/C20H38N6O.HI/c1-6-27-12-11-20(9-7-8-10-20)16-23-19(21-2)22-14-18(25(3)4)17-13-24-26(5)15-17;/h13,15,18H,6-12,14,16H2,1-5H3,(H2,21,22,23);1H. The molecule has 0 amide bonds. The number of aryl methyl sites for hydroxylation is 1. The highest BCUT2D eigenvalue weighted by atomic mass is 127. The van der Waals surface area contributed by atoms with E-state index >= 15 is 0 Å². The number of guanidine groups is 1. The van der Waals surface area contributed by atoms with E-state index in [0.717, 1.165) is 38.7 Å². The Bertz CT molecular complexity index is 583. The van der Waals surface area contributed by atoms with Gasteiger partial charge in [0.15, 0.2) is 5.96 Å². The van der Waals surface area contributed by atoms with Gasteiger partial charge in [0.25, 0.3) is 0 Å². The third kappa shape index (κ3) is 7.51. The molecule has 1 saturated carbocycles. The van der Waals surface area contributed by atoms with Crippen LogP contribution in [-0.4, -0.2) is 68.1 Å². The van der Waals surface area contributed by atoms with Gasteiger partial charge in [-0.2, -0.15) is 5.10 Å². The molecule has 1 fully saturated rings. The lowest BCUT2D eigenvalue weighted by Gasteiger charge is -2.30. The maximum Gasteiger partial charge on any atom is 0.191 e. The summed E-state index contributed by atoms with van der Waals surface area (Å²) in [5, 5.41) is 11.4. The molecular weight excluding hydrogens is 467 g/mol. The summed E-state index contributed by atoms with van der Waals surface area (Å²) in [6.07, 6.45) is 10.3. The lowest BCUT2D eigenvalue weighted by Crippen LogP contribution is -2.45. The second-order valence-corrected chi connectivity index (χ2v) is 7.89. The first kappa shape index (κ1) is 25.2. The van der Waals surface area contributed by atoms with E-state index in [4.69, 9.17) is 4.74 Å². The van der Waals surface area contributed by atoms with Crippen LogP contribution in [0.3, 0.4) is 0 Å². The Morgan fingerprint density at radius 2 is 2.07 bits per heavy atom. The van der Waals surface area contributed by atoms with Crippen LogP contribution in [0.25, 0.3) is 0 Å². The van der Waals surface area contributed by atoms with E-state index < -0.39 is 0 Å². The summed E-state index contributed by atoms with van der Waals surface area (Å²) in [6.45, 7) is 5.46. The lowest BCUT2D eigenvalue weighted by atomic mass is 9.83. The van der Waals surface area contributed by atoms with E-state index in [9.17, 15) is 0 Å². The van der Waals surface area contributed by atoms with Crippen molar-refractivity contribution in [1.29, 1.82) is 0 Å². The number of nitrogens with one attached hydrogen (secondary N) is 2. The first-order chi connectivity index (χ1) is 13.0. The predicted molar refractivity (Wildman–Crippen MR) is 126 cm³/mol. The van der Waals surface area contributed by atoms with Gasteiger partial charge in [-0.3, -0.25) is 9.67 Å². The molecule has 0 radical (unpaired) electrons. The highest BCUT2D eigenvalue weighted by molar-refractivity contribution is 14.0. The van der Waals surface area contributed by atoms with Crippen LogP contribution in [0.2, 0.25) is 0 Å². The van der Waals surface area contributed by atoms with Gasteiger partial charge in [0.1, 0.15) is 0 Å². The number of rotatable bonds is 10. The normalized spacial score (nSPS) is 17.4. The minimum Gasteiger partial charge on any atom is -0.382 e. The van der Waals surface area contributed by atoms with Crippen molar-refractivity contribution in [3.63, 3.8) is 0 Å². The summed E-state index contributed by atoms with van der Waals surface area (Å²) in [5.74, 6) is 0.869. The largest absolute Gasteiger partial charge is 0.382 e. The predicted octanol–water partition coefficient (Wildman–Crippen LogP) is 2.79. The molecule has 1 atom stereocenters. The van der Waals surface area contributed by atoms with E-state index in [2.05, 4.69) is 52.8 Å². The summed E-state index contributed by atoms with van der Waals surface area (Å²) in [4.78, 5) is 6.64. The number of aliphatic imine (C=N–C) groups is 1. The molecule has 0 saturated heterocycles. The van der Waals surface area contributed by atoms with E-state index in [1.807, 2.05) is 25.0 Å². The second kappa shape index (κ2) is 12.6. The third-order valence-corrected chi connectivity index (χ3v) is 5.70. The number of likely N-dealkylation sites (N-methyl/N-ethyl adjacent to an activating group) is 1. The van der Waals surface area contributed by atoms with Crippen LogP contribution in [0.4, 0.5) is 0 Å². The summed E-state index contributed by atoms with van der Waals surface area (Å²) in [6, 6.07) is 0.246. The zero-order valence-electron chi connectivity index (χ0n) is 18.2. The van der Waals surface area contributed by atoms with Crippen molar-refractivity contribution in [2.45, 2.75) is 45.1 Å². The number of aromatic nitrogens is 2. The number of hydrogen-bond acceptors (Lipinski definition) is 4. The van der Waals surface area contributed by atoms with E-state index in [1.165, 1.54) is 31.2 Å². The monoisotopic (exact) mass is 506 g/mol. The topological polar surface area (TPSA) is 66.7 Å². The van der Waals surface area contributed by atoms with Crippen molar-refractivity contribution in [2.24, 2.45) is 17.5 Å². The summed E-state index contributed by atoms with van der Waals surface area (Å²) < 4.78 is 7.47. The highest BCUT2D eigenvalue weighted by Crippen LogP contribution is 2.40. The quantitative estimate of drug-likeness (QED) is 0.221. The van der Waals surface area contributed by atoms with Crippen LogP contribution >= 0.6 is 24.0 Å². The molecule has 0 spiro atoms. The van der Waals surface area contributed by atoms with Crippen LogP contribution in [0.15, 0.2) is 17.4 Å². The fourth-order valence-corrected chi connectivity index (χ4v) is 3.97. The molecule has 2 rings (SSSR count). The Hall–Kier alpha value is -0.870.